The molecule has 0 N–H and O–H groups in total. The number of hydrogen-bond donors (Lipinski definition) is 0. The van der Waals surface area contributed by atoms with Gasteiger partial charge in [0.1, 0.15) is 0 Å². The highest BCUT2D eigenvalue weighted by atomic mass is 19.4. The maximum absolute atomic E-state index is 12.8. The third-order valence-electron chi connectivity index (χ3n) is 5.13. The number of hydrogen-bond acceptors (Lipinski definition) is 6. The fraction of sp³-hybridized carbons (Fsp3) is 0.810. The second-order valence-corrected chi connectivity index (χ2v) is 8.93. The molecule has 0 aromatic carbocycles. The van der Waals surface area contributed by atoms with Crippen molar-refractivity contribution in [2.45, 2.75) is 99.6 Å². The molecule has 0 rings (SSSR count). The van der Waals surface area contributed by atoms with Gasteiger partial charge in [0.15, 0.2) is 12.2 Å². The predicted octanol–water partition coefficient (Wildman–Crippen LogP) is 4.03. The summed E-state index contributed by atoms with van der Waals surface area (Å²) in [6, 6.07) is -0.437. The normalized spacial score (nSPS) is 16.2. The fourth-order valence-electron chi connectivity index (χ4n) is 3.10. The number of esters is 2. The van der Waals surface area contributed by atoms with Crippen LogP contribution in [-0.4, -0.2) is 53.1 Å². The average molecular weight is 453 g/mol. The van der Waals surface area contributed by atoms with E-state index in [1.165, 1.54) is 34.6 Å². The molecule has 3 unspecified atom stereocenters. The Labute approximate surface area is 181 Å². The van der Waals surface area contributed by atoms with Gasteiger partial charge in [-0.25, -0.2) is 0 Å². The molecule has 180 valence electrons. The Morgan fingerprint density at radius 1 is 0.903 bits per heavy atom. The second-order valence-electron chi connectivity index (χ2n) is 8.93. The molecule has 0 saturated heterocycles. The van der Waals surface area contributed by atoms with E-state index in [1.807, 2.05) is 0 Å². The van der Waals surface area contributed by atoms with Crippen molar-refractivity contribution in [2.24, 2.45) is 10.8 Å². The molecule has 10 heteroatoms. The monoisotopic (exact) mass is 453 g/mol. The Morgan fingerprint density at radius 3 is 1.74 bits per heavy atom. The minimum atomic E-state index is -4.70. The Hall–Kier alpha value is -2.13. The van der Waals surface area contributed by atoms with Crippen LogP contribution in [0.1, 0.15) is 75.2 Å². The lowest BCUT2D eigenvalue weighted by atomic mass is 9.72. The van der Waals surface area contributed by atoms with Gasteiger partial charge >= 0.3 is 18.1 Å². The van der Waals surface area contributed by atoms with E-state index in [-0.39, 0.29) is 12.8 Å². The Bertz CT molecular complexity index is 689. The first-order chi connectivity index (χ1) is 13.8. The third kappa shape index (κ3) is 7.81. The first-order valence-corrected chi connectivity index (χ1v) is 10.1. The summed E-state index contributed by atoms with van der Waals surface area (Å²) in [6.07, 6.45) is -8.30. The largest absolute Gasteiger partial charge is 0.453 e. The second kappa shape index (κ2) is 10.5. The number of rotatable bonds is 9. The zero-order valence-corrected chi connectivity index (χ0v) is 19.7. The van der Waals surface area contributed by atoms with Crippen molar-refractivity contribution in [2.75, 3.05) is 0 Å². The van der Waals surface area contributed by atoms with Crippen molar-refractivity contribution >= 4 is 23.8 Å². The van der Waals surface area contributed by atoms with E-state index in [1.54, 1.807) is 20.8 Å². The molecule has 0 fully saturated rings. The van der Waals surface area contributed by atoms with Crippen molar-refractivity contribution < 1.29 is 41.8 Å². The maximum atomic E-state index is 12.8. The molecule has 0 aromatic rings. The van der Waals surface area contributed by atoms with E-state index in [4.69, 9.17) is 4.74 Å². The maximum Gasteiger partial charge on any atom is 0.425 e. The van der Waals surface area contributed by atoms with Crippen LogP contribution in [0.4, 0.5) is 13.2 Å². The molecule has 0 radical (unpaired) electrons. The van der Waals surface area contributed by atoms with E-state index < -0.39 is 59.0 Å². The molecule has 0 saturated carbocycles. The number of halogens is 3. The summed E-state index contributed by atoms with van der Waals surface area (Å²) in [5.74, 6) is -3.09. The Kier molecular flexibility index (Phi) is 9.74. The molecule has 0 heterocycles. The van der Waals surface area contributed by atoms with Crippen LogP contribution in [-0.2, 0) is 28.7 Å². The van der Waals surface area contributed by atoms with E-state index in [0.717, 1.165) is 11.8 Å². The van der Waals surface area contributed by atoms with Gasteiger partial charge in [0.25, 0.3) is 5.91 Å². The predicted molar refractivity (Wildman–Crippen MR) is 107 cm³/mol. The molecule has 0 aliphatic carbocycles. The SMILES string of the molecule is CCC(C)(CC(C)(C)C(=O)OC(C)C(=O)N(C(C)=O)C(C)C)C(=O)OC(C)C(F)(F)F. The van der Waals surface area contributed by atoms with Crippen molar-refractivity contribution in [3.8, 4) is 0 Å². The fourth-order valence-corrected chi connectivity index (χ4v) is 3.10. The first-order valence-electron chi connectivity index (χ1n) is 10.1. The third-order valence-corrected chi connectivity index (χ3v) is 5.13. The molecule has 0 spiro atoms. The lowest BCUT2D eigenvalue weighted by molar-refractivity contribution is -0.222. The molecular weight excluding hydrogens is 419 g/mol. The number of carbonyl (C=O) groups is 4. The number of carbonyl (C=O) groups excluding carboxylic acids is 4. The zero-order valence-electron chi connectivity index (χ0n) is 19.7. The van der Waals surface area contributed by atoms with Crippen LogP contribution in [0.2, 0.25) is 0 Å². The van der Waals surface area contributed by atoms with Crippen molar-refractivity contribution in [3.63, 3.8) is 0 Å². The van der Waals surface area contributed by atoms with Gasteiger partial charge in [-0.2, -0.15) is 13.2 Å². The molecule has 3 atom stereocenters. The number of nitrogens with zero attached hydrogens (tertiary/aromatic N) is 1. The van der Waals surface area contributed by atoms with Gasteiger partial charge in [-0.15, -0.1) is 0 Å². The van der Waals surface area contributed by atoms with E-state index in [0.29, 0.717) is 0 Å². The topological polar surface area (TPSA) is 90.0 Å². The Morgan fingerprint density at radius 2 is 1.39 bits per heavy atom. The summed E-state index contributed by atoms with van der Waals surface area (Å²) in [7, 11) is 0. The van der Waals surface area contributed by atoms with Crippen molar-refractivity contribution in [3.05, 3.63) is 0 Å². The number of alkyl halides is 3. The number of ether oxygens (including phenoxy) is 2. The lowest BCUT2D eigenvalue weighted by Gasteiger charge is -2.35. The minimum absolute atomic E-state index is 0.118. The zero-order chi connectivity index (χ0) is 24.9. The van der Waals surface area contributed by atoms with Gasteiger partial charge in [-0.05, 0) is 61.3 Å². The standard InChI is InChI=1S/C21H34F3NO6/c1-10-20(9,18(29)31-14(5)21(22,23)24)11-19(7,8)17(28)30-13(4)16(27)25(12(2)3)15(6)26/h12-14H,10-11H2,1-9H3. The van der Waals surface area contributed by atoms with E-state index in [9.17, 15) is 32.3 Å². The summed E-state index contributed by atoms with van der Waals surface area (Å²) in [6.45, 7) is 12.5. The average Bonchev–Trinajstić information content (AvgIpc) is 2.59. The summed E-state index contributed by atoms with van der Waals surface area (Å²) >= 11 is 0. The van der Waals surface area contributed by atoms with Crippen LogP contribution in [0.3, 0.4) is 0 Å². The molecule has 0 aliphatic rings. The highest BCUT2D eigenvalue weighted by molar-refractivity contribution is 5.97. The quantitative estimate of drug-likeness (QED) is 0.490. The molecule has 0 bridgehead atoms. The highest BCUT2D eigenvalue weighted by Crippen LogP contribution is 2.39. The minimum Gasteiger partial charge on any atom is -0.453 e. The summed E-state index contributed by atoms with van der Waals surface area (Å²) in [4.78, 5) is 50.4. The van der Waals surface area contributed by atoms with Crippen LogP contribution in [0, 0.1) is 10.8 Å². The smallest absolute Gasteiger partial charge is 0.425 e. The molecule has 31 heavy (non-hydrogen) atoms. The molecular formula is C21H34F3NO6. The van der Waals surface area contributed by atoms with E-state index >= 15 is 0 Å². The van der Waals surface area contributed by atoms with Gasteiger partial charge < -0.3 is 9.47 Å². The summed E-state index contributed by atoms with van der Waals surface area (Å²) in [5.41, 5.74) is -2.71. The first kappa shape index (κ1) is 28.9. The Balaban J connectivity index is 5.43. The van der Waals surface area contributed by atoms with Gasteiger partial charge in [0.2, 0.25) is 5.91 Å². The molecule has 2 amide bonds. The van der Waals surface area contributed by atoms with Crippen molar-refractivity contribution in [1.82, 2.24) is 4.90 Å². The van der Waals surface area contributed by atoms with Gasteiger partial charge in [-0.3, -0.25) is 24.1 Å². The van der Waals surface area contributed by atoms with Crippen LogP contribution in [0.25, 0.3) is 0 Å². The highest BCUT2D eigenvalue weighted by Gasteiger charge is 2.47. The number of imide groups is 1. The van der Waals surface area contributed by atoms with Gasteiger partial charge in [0, 0.05) is 13.0 Å². The van der Waals surface area contributed by atoms with Crippen LogP contribution >= 0.6 is 0 Å². The molecule has 0 aliphatic heterocycles. The van der Waals surface area contributed by atoms with Crippen LogP contribution in [0.5, 0.6) is 0 Å². The van der Waals surface area contributed by atoms with Crippen LogP contribution in [0.15, 0.2) is 0 Å². The summed E-state index contributed by atoms with van der Waals surface area (Å²) in [5, 5.41) is 0. The molecule has 0 aromatic heterocycles. The van der Waals surface area contributed by atoms with Crippen molar-refractivity contribution in [1.29, 1.82) is 0 Å². The number of amides is 2. The van der Waals surface area contributed by atoms with Crippen LogP contribution < -0.4 is 0 Å². The lowest BCUT2D eigenvalue weighted by Crippen LogP contribution is -2.48. The van der Waals surface area contributed by atoms with Gasteiger partial charge in [-0.1, -0.05) is 6.92 Å². The van der Waals surface area contributed by atoms with E-state index in [2.05, 4.69) is 4.74 Å². The summed E-state index contributed by atoms with van der Waals surface area (Å²) < 4.78 is 48.1. The molecule has 7 nitrogen and oxygen atoms in total. The van der Waals surface area contributed by atoms with Gasteiger partial charge in [0.05, 0.1) is 10.8 Å².